The molecular weight excluding hydrogens is 231 g/mol. The molecule has 0 heterocycles. The van der Waals surface area contributed by atoms with Crippen LogP contribution in [0, 0.1) is 0 Å². The van der Waals surface area contributed by atoms with Gasteiger partial charge in [-0.05, 0) is 24.6 Å². The number of nitrogens with one attached hydrogen (secondary N) is 1. The second-order valence-electron chi connectivity index (χ2n) is 3.72. The predicted molar refractivity (Wildman–Crippen MR) is 59.6 cm³/mol. The van der Waals surface area contributed by atoms with Crippen LogP contribution < -0.4 is 5.32 Å². The van der Waals surface area contributed by atoms with E-state index in [2.05, 4.69) is 5.32 Å². The molecule has 96 valence electrons. The minimum absolute atomic E-state index is 0.438. The first-order valence-electron chi connectivity index (χ1n) is 5.40. The van der Waals surface area contributed by atoms with Gasteiger partial charge in [0.2, 0.25) is 0 Å². The number of alkyl halides is 3. The maximum absolute atomic E-state index is 12.4. The number of benzene rings is 1. The summed E-state index contributed by atoms with van der Waals surface area (Å²) in [5, 5.41) is 3.07. The van der Waals surface area contributed by atoms with E-state index in [4.69, 9.17) is 4.74 Å². The molecule has 1 N–H and O–H groups in total. The summed E-state index contributed by atoms with van der Waals surface area (Å²) in [5.41, 5.74) is 0.0333. The van der Waals surface area contributed by atoms with E-state index in [9.17, 15) is 13.2 Å². The lowest BCUT2D eigenvalue weighted by molar-refractivity contribution is -0.137. The third kappa shape index (κ3) is 5.19. The van der Waals surface area contributed by atoms with Crippen LogP contribution in [0.3, 0.4) is 0 Å². The summed E-state index contributed by atoms with van der Waals surface area (Å²) in [6, 6.07) is 5.35. The van der Waals surface area contributed by atoms with Gasteiger partial charge in [0.1, 0.15) is 0 Å². The molecule has 0 radical (unpaired) electrons. The van der Waals surface area contributed by atoms with Gasteiger partial charge in [-0.25, -0.2) is 0 Å². The number of hydrogen-bond donors (Lipinski definition) is 1. The molecule has 0 aliphatic carbocycles. The van der Waals surface area contributed by atoms with Gasteiger partial charge in [0, 0.05) is 20.3 Å². The van der Waals surface area contributed by atoms with E-state index in [1.807, 2.05) is 0 Å². The van der Waals surface area contributed by atoms with Crippen LogP contribution in [0.5, 0.6) is 0 Å². The molecule has 0 saturated heterocycles. The van der Waals surface area contributed by atoms with Crippen LogP contribution in [0.4, 0.5) is 13.2 Å². The Labute approximate surface area is 98.8 Å². The molecule has 0 amide bonds. The summed E-state index contributed by atoms with van der Waals surface area (Å²) in [7, 11) is 1.62. The Morgan fingerprint density at radius 1 is 1.29 bits per heavy atom. The summed E-state index contributed by atoms with van der Waals surface area (Å²) in [6.07, 6.45) is -3.43. The maximum Gasteiger partial charge on any atom is 0.416 e. The van der Waals surface area contributed by atoms with Crippen molar-refractivity contribution in [2.24, 2.45) is 0 Å². The number of ether oxygens (including phenoxy) is 1. The summed E-state index contributed by atoms with van der Waals surface area (Å²) >= 11 is 0. The molecule has 2 nitrogen and oxygen atoms in total. The Kier molecular flexibility index (Phi) is 5.44. The molecule has 17 heavy (non-hydrogen) atoms. The second kappa shape index (κ2) is 6.61. The normalized spacial score (nSPS) is 11.8. The van der Waals surface area contributed by atoms with E-state index in [0.29, 0.717) is 18.7 Å². The highest BCUT2D eigenvalue weighted by atomic mass is 19.4. The Morgan fingerprint density at radius 3 is 2.71 bits per heavy atom. The minimum Gasteiger partial charge on any atom is -0.385 e. The number of methoxy groups -OCH3 is 1. The van der Waals surface area contributed by atoms with Crippen molar-refractivity contribution in [2.45, 2.75) is 19.1 Å². The molecule has 0 saturated carbocycles. The zero-order valence-corrected chi connectivity index (χ0v) is 9.68. The SMILES string of the molecule is COCCCNCc1cccc(C(F)(F)F)c1. The van der Waals surface area contributed by atoms with Gasteiger partial charge in [-0.2, -0.15) is 13.2 Å². The Balaban J connectivity index is 2.44. The smallest absolute Gasteiger partial charge is 0.385 e. The highest BCUT2D eigenvalue weighted by Gasteiger charge is 2.30. The van der Waals surface area contributed by atoms with Gasteiger partial charge in [0.05, 0.1) is 5.56 Å². The zero-order valence-electron chi connectivity index (χ0n) is 9.68. The van der Waals surface area contributed by atoms with E-state index < -0.39 is 11.7 Å². The van der Waals surface area contributed by atoms with Crippen molar-refractivity contribution in [1.82, 2.24) is 5.32 Å². The lowest BCUT2D eigenvalue weighted by Crippen LogP contribution is -2.16. The standard InChI is InChI=1S/C12H16F3NO/c1-17-7-3-6-16-9-10-4-2-5-11(8-10)12(13,14)15/h2,4-5,8,16H,3,6-7,9H2,1H3. The lowest BCUT2D eigenvalue weighted by atomic mass is 10.1. The fourth-order valence-electron chi connectivity index (χ4n) is 1.43. The third-order valence-corrected chi connectivity index (χ3v) is 2.29. The van der Waals surface area contributed by atoms with Crippen molar-refractivity contribution in [3.63, 3.8) is 0 Å². The van der Waals surface area contributed by atoms with Crippen LogP contribution in [0.15, 0.2) is 24.3 Å². The molecule has 1 aromatic rings. The fraction of sp³-hybridized carbons (Fsp3) is 0.500. The topological polar surface area (TPSA) is 21.3 Å². The van der Waals surface area contributed by atoms with Gasteiger partial charge in [-0.1, -0.05) is 18.2 Å². The highest BCUT2D eigenvalue weighted by molar-refractivity contribution is 5.25. The van der Waals surface area contributed by atoms with Gasteiger partial charge in [-0.15, -0.1) is 0 Å². The van der Waals surface area contributed by atoms with Crippen LogP contribution >= 0.6 is 0 Å². The monoisotopic (exact) mass is 247 g/mol. The molecule has 0 aliphatic rings. The van der Waals surface area contributed by atoms with Crippen LogP contribution in [-0.2, 0) is 17.5 Å². The second-order valence-corrected chi connectivity index (χ2v) is 3.72. The van der Waals surface area contributed by atoms with E-state index in [-0.39, 0.29) is 0 Å². The van der Waals surface area contributed by atoms with Crippen molar-refractivity contribution in [3.05, 3.63) is 35.4 Å². The quantitative estimate of drug-likeness (QED) is 0.780. The van der Waals surface area contributed by atoms with Crippen molar-refractivity contribution in [3.8, 4) is 0 Å². The molecule has 0 bridgehead atoms. The highest BCUT2D eigenvalue weighted by Crippen LogP contribution is 2.29. The number of hydrogen-bond acceptors (Lipinski definition) is 2. The average Bonchev–Trinajstić information content (AvgIpc) is 2.28. The predicted octanol–water partition coefficient (Wildman–Crippen LogP) is 2.83. The molecule has 5 heteroatoms. The number of halogens is 3. The third-order valence-electron chi connectivity index (χ3n) is 2.29. The average molecular weight is 247 g/mol. The van der Waals surface area contributed by atoms with Crippen LogP contribution in [0.25, 0.3) is 0 Å². The van der Waals surface area contributed by atoms with Gasteiger partial charge < -0.3 is 10.1 Å². The zero-order chi connectivity index (χ0) is 12.7. The van der Waals surface area contributed by atoms with Crippen molar-refractivity contribution in [1.29, 1.82) is 0 Å². The molecule has 1 aromatic carbocycles. The van der Waals surface area contributed by atoms with Gasteiger partial charge in [-0.3, -0.25) is 0 Å². The molecule has 0 spiro atoms. The lowest BCUT2D eigenvalue weighted by Gasteiger charge is -2.09. The van der Waals surface area contributed by atoms with Crippen molar-refractivity contribution < 1.29 is 17.9 Å². The molecule has 1 rings (SSSR count). The molecule has 0 aromatic heterocycles. The molecule has 0 unspecified atom stereocenters. The summed E-state index contributed by atoms with van der Waals surface area (Å²) < 4.78 is 42.1. The molecule has 0 aliphatic heterocycles. The van der Waals surface area contributed by atoms with Gasteiger partial charge >= 0.3 is 6.18 Å². The molecule has 0 atom stereocenters. The largest absolute Gasteiger partial charge is 0.416 e. The van der Waals surface area contributed by atoms with E-state index in [1.165, 1.54) is 12.1 Å². The fourth-order valence-corrected chi connectivity index (χ4v) is 1.43. The Bertz CT molecular complexity index is 339. The van der Waals surface area contributed by atoms with E-state index in [0.717, 1.165) is 19.0 Å². The maximum atomic E-state index is 12.4. The van der Waals surface area contributed by atoms with Crippen LogP contribution in [-0.4, -0.2) is 20.3 Å². The van der Waals surface area contributed by atoms with Crippen molar-refractivity contribution in [2.75, 3.05) is 20.3 Å². The van der Waals surface area contributed by atoms with E-state index >= 15 is 0 Å². The summed E-state index contributed by atoms with van der Waals surface area (Å²) in [6.45, 7) is 1.81. The van der Waals surface area contributed by atoms with Crippen molar-refractivity contribution >= 4 is 0 Å². The first kappa shape index (κ1) is 14.0. The van der Waals surface area contributed by atoms with Gasteiger partial charge in [0.15, 0.2) is 0 Å². The van der Waals surface area contributed by atoms with Gasteiger partial charge in [0.25, 0.3) is 0 Å². The van der Waals surface area contributed by atoms with Crippen LogP contribution in [0.2, 0.25) is 0 Å². The molecular formula is C12H16F3NO. The van der Waals surface area contributed by atoms with E-state index in [1.54, 1.807) is 13.2 Å². The minimum atomic E-state index is -4.27. The number of rotatable bonds is 6. The summed E-state index contributed by atoms with van der Waals surface area (Å²) in [4.78, 5) is 0. The first-order chi connectivity index (χ1) is 8.04. The molecule has 0 fully saturated rings. The Hall–Kier alpha value is -1.07. The first-order valence-corrected chi connectivity index (χ1v) is 5.40. The summed E-state index contributed by atoms with van der Waals surface area (Å²) in [5.74, 6) is 0. The van der Waals surface area contributed by atoms with Crippen LogP contribution in [0.1, 0.15) is 17.5 Å². The Morgan fingerprint density at radius 2 is 2.06 bits per heavy atom.